The summed E-state index contributed by atoms with van der Waals surface area (Å²) in [5.74, 6) is 1.25. The number of thioether (sulfide) groups is 3. The van der Waals surface area contributed by atoms with Gasteiger partial charge >= 0.3 is 0 Å². The van der Waals surface area contributed by atoms with Gasteiger partial charge in [-0.1, -0.05) is 30.3 Å². The summed E-state index contributed by atoms with van der Waals surface area (Å²) >= 11 is 5.08. The number of nitrogens with zero attached hydrogens (tertiary/aromatic N) is 3. The Labute approximate surface area is 231 Å². The Hall–Kier alpha value is -1.82. The molecule has 5 atom stereocenters. The zero-order valence-electron chi connectivity index (χ0n) is 21.9. The first-order valence-electron chi connectivity index (χ1n) is 12.4. The molecular formula is C26H35N5O3S3. The molecule has 4 rings (SSSR count). The van der Waals surface area contributed by atoms with E-state index >= 15 is 0 Å². The van der Waals surface area contributed by atoms with Crippen molar-refractivity contribution < 1.29 is 14.7 Å². The molecule has 0 radical (unpaired) electrons. The van der Waals surface area contributed by atoms with Crippen LogP contribution in [0.25, 0.3) is 0 Å². The Morgan fingerprint density at radius 3 is 2.24 bits per heavy atom. The molecule has 11 heteroatoms. The van der Waals surface area contributed by atoms with E-state index in [4.69, 9.17) is 15.0 Å². The number of aryl methyl sites for hydroxylation is 1. The molecule has 0 fully saturated rings. The van der Waals surface area contributed by atoms with Crippen LogP contribution in [0.4, 0.5) is 0 Å². The van der Waals surface area contributed by atoms with E-state index in [0.29, 0.717) is 5.75 Å². The number of rotatable bonds is 9. The molecule has 8 nitrogen and oxygen atoms in total. The fourth-order valence-corrected chi connectivity index (χ4v) is 8.29. The molecule has 3 aliphatic rings. The molecule has 2 amide bonds. The molecule has 37 heavy (non-hydrogen) atoms. The first kappa shape index (κ1) is 28.2. The fourth-order valence-electron chi connectivity index (χ4n) is 4.33. The number of amides is 2. The number of likely N-dealkylation sites (N-methyl/N-ethyl adjacent to an activating group) is 1. The molecule has 200 valence electrons. The Bertz CT molecular complexity index is 1140. The van der Waals surface area contributed by atoms with Gasteiger partial charge in [0.15, 0.2) is 0 Å². The molecule has 0 saturated heterocycles. The quantitative estimate of drug-likeness (QED) is 0.427. The zero-order valence-corrected chi connectivity index (χ0v) is 24.4. The molecule has 0 saturated carbocycles. The average molecular weight is 562 g/mol. The lowest BCUT2D eigenvalue weighted by atomic mass is 10.0. The topological polar surface area (TPSA) is 116 Å². The van der Waals surface area contributed by atoms with E-state index in [1.165, 1.54) is 36.3 Å². The van der Waals surface area contributed by atoms with Crippen molar-refractivity contribution in [2.75, 3.05) is 24.3 Å². The first-order valence-corrected chi connectivity index (χ1v) is 15.4. The third-order valence-electron chi connectivity index (χ3n) is 6.75. The van der Waals surface area contributed by atoms with Gasteiger partial charge in [-0.3, -0.25) is 24.6 Å². The van der Waals surface area contributed by atoms with Crippen LogP contribution in [-0.2, 0) is 16.0 Å². The van der Waals surface area contributed by atoms with Crippen LogP contribution >= 0.6 is 35.3 Å². The van der Waals surface area contributed by atoms with Crippen LogP contribution in [-0.4, -0.2) is 85.1 Å². The van der Waals surface area contributed by atoms with Gasteiger partial charge in [-0.15, -0.1) is 35.3 Å². The molecule has 0 aromatic heterocycles. The van der Waals surface area contributed by atoms with Crippen LogP contribution in [0.1, 0.15) is 39.7 Å². The molecule has 3 aliphatic heterocycles. The molecular weight excluding hydrogens is 527 g/mol. The second-order valence-electron chi connectivity index (χ2n) is 10.3. The van der Waals surface area contributed by atoms with Crippen LogP contribution in [0.15, 0.2) is 45.3 Å². The van der Waals surface area contributed by atoms with Crippen molar-refractivity contribution in [1.29, 1.82) is 0 Å². The number of carbonyl (C=O) groups is 2. The Kier molecular flexibility index (Phi) is 8.47. The number of nitrogens with one attached hydrogen (secondary N) is 2. The smallest absolute Gasteiger partial charge is 0.249 e. The standard InChI is InChI=1S/C26H35N5O3S3/c1-16(32)19(20(33)27-5)28-21(34)24(2)13-36-23(30-24)26(4)15-37-22(31-26)25(3)14-35-18(29-25)12-11-17-9-7-6-8-10-17/h6-10,16,19,32H,11-15H2,1-5H3,(H,27,33)(H,28,34)/t16-,19+,24+,25+,26+/m1/s1. The molecule has 3 N–H and O–H groups in total. The summed E-state index contributed by atoms with van der Waals surface area (Å²) < 4.78 is 0. The van der Waals surface area contributed by atoms with Crippen molar-refractivity contribution in [3.63, 3.8) is 0 Å². The minimum atomic E-state index is -1.04. The Morgan fingerprint density at radius 1 is 0.946 bits per heavy atom. The van der Waals surface area contributed by atoms with E-state index in [1.807, 2.05) is 17.8 Å². The van der Waals surface area contributed by atoms with Crippen molar-refractivity contribution in [1.82, 2.24) is 10.6 Å². The van der Waals surface area contributed by atoms with Crippen molar-refractivity contribution in [2.24, 2.45) is 15.0 Å². The predicted octanol–water partition coefficient (Wildman–Crippen LogP) is 2.94. The summed E-state index contributed by atoms with van der Waals surface area (Å²) in [6.45, 7) is 7.46. The Morgan fingerprint density at radius 2 is 1.57 bits per heavy atom. The average Bonchev–Trinajstić information content (AvgIpc) is 3.60. The van der Waals surface area contributed by atoms with Gasteiger partial charge in [0.1, 0.15) is 22.7 Å². The summed E-state index contributed by atoms with van der Waals surface area (Å²) in [6, 6.07) is 9.44. The minimum Gasteiger partial charge on any atom is -0.391 e. The second kappa shape index (κ2) is 11.1. The van der Waals surface area contributed by atoms with Gasteiger partial charge in [0.25, 0.3) is 0 Å². The number of hydrogen-bond acceptors (Lipinski definition) is 9. The largest absolute Gasteiger partial charge is 0.391 e. The number of hydrogen-bond donors (Lipinski definition) is 3. The van der Waals surface area contributed by atoms with Crippen molar-refractivity contribution in [2.45, 2.75) is 69.3 Å². The number of aliphatic imine (C=N–C) groups is 3. The van der Waals surface area contributed by atoms with E-state index in [1.54, 1.807) is 18.7 Å². The minimum absolute atomic E-state index is 0.346. The summed E-state index contributed by atoms with van der Waals surface area (Å²) in [6.07, 6.45) is 0.882. The van der Waals surface area contributed by atoms with Crippen LogP contribution in [0.5, 0.6) is 0 Å². The van der Waals surface area contributed by atoms with Crippen molar-refractivity contribution >= 4 is 62.2 Å². The number of benzene rings is 1. The molecule has 0 spiro atoms. The van der Waals surface area contributed by atoms with Crippen LogP contribution in [0.2, 0.25) is 0 Å². The number of carbonyl (C=O) groups excluding carboxylic acids is 2. The highest BCUT2D eigenvalue weighted by molar-refractivity contribution is 8.17. The lowest BCUT2D eigenvalue weighted by Gasteiger charge is -2.25. The Balaban J connectivity index is 1.46. The molecule has 3 heterocycles. The lowest BCUT2D eigenvalue weighted by molar-refractivity contribution is -0.133. The third-order valence-corrected chi connectivity index (χ3v) is 11.1. The molecule has 1 aromatic rings. The van der Waals surface area contributed by atoms with Gasteiger partial charge in [0, 0.05) is 24.3 Å². The lowest BCUT2D eigenvalue weighted by Crippen LogP contribution is -2.56. The van der Waals surface area contributed by atoms with Gasteiger partial charge in [-0.25, -0.2) is 0 Å². The first-order chi connectivity index (χ1) is 17.5. The van der Waals surface area contributed by atoms with Crippen LogP contribution in [0, 0.1) is 0 Å². The SMILES string of the molecule is CNC(=O)[C@@H](NC(=O)[C@]1(C)CSC([C@]2(C)CSC([C@]3(C)CSC(CCc4ccccc4)=N3)=N2)=N1)[C@@H](C)O. The van der Waals surface area contributed by atoms with Gasteiger partial charge in [0.05, 0.1) is 21.2 Å². The molecule has 0 unspecified atom stereocenters. The summed E-state index contributed by atoms with van der Waals surface area (Å²) in [4.78, 5) is 40.3. The summed E-state index contributed by atoms with van der Waals surface area (Å²) in [5, 5.41) is 18.1. The van der Waals surface area contributed by atoms with E-state index in [9.17, 15) is 14.7 Å². The van der Waals surface area contributed by atoms with E-state index in [2.05, 4.69) is 48.7 Å². The van der Waals surface area contributed by atoms with E-state index in [-0.39, 0.29) is 11.4 Å². The van der Waals surface area contributed by atoms with Crippen LogP contribution < -0.4 is 10.6 Å². The van der Waals surface area contributed by atoms with Crippen molar-refractivity contribution in [3.8, 4) is 0 Å². The molecule has 0 aliphatic carbocycles. The zero-order chi connectivity index (χ0) is 26.8. The van der Waals surface area contributed by atoms with E-state index < -0.39 is 29.1 Å². The van der Waals surface area contributed by atoms with Gasteiger partial charge in [-0.05, 0) is 46.1 Å². The molecule has 1 aromatic carbocycles. The predicted molar refractivity (Wildman–Crippen MR) is 157 cm³/mol. The maximum atomic E-state index is 13.1. The van der Waals surface area contributed by atoms with Gasteiger partial charge < -0.3 is 15.7 Å². The third kappa shape index (κ3) is 6.10. The summed E-state index contributed by atoms with van der Waals surface area (Å²) in [5.41, 5.74) is -0.591. The normalized spacial score (nSPS) is 30.8. The fraction of sp³-hybridized carbons (Fsp3) is 0.577. The van der Waals surface area contributed by atoms with Crippen molar-refractivity contribution in [3.05, 3.63) is 35.9 Å². The highest BCUT2D eigenvalue weighted by Crippen LogP contribution is 2.44. The highest BCUT2D eigenvalue weighted by atomic mass is 32.2. The van der Waals surface area contributed by atoms with Crippen LogP contribution in [0.3, 0.4) is 0 Å². The van der Waals surface area contributed by atoms with Gasteiger partial charge in [-0.2, -0.15) is 0 Å². The van der Waals surface area contributed by atoms with Gasteiger partial charge in [0.2, 0.25) is 11.8 Å². The van der Waals surface area contributed by atoms with E-state index in [0.717, 1.165) is 34.4 Å². The summed E-state index contributed by atoms with van der Waals surface area (Å²) in [7, 11) is 1.47. The maximum absolute atomic E-state index is 13.1. The maximum Gasteiger partial charge on any atom is 0.249 e. The number of aliphatic hydroxyl groups is 1. The molecule has 0 bridgehead atoms. The second-order valence-corrected chi connectivity index (χ2v) is 13.3. The monoisotopic (exact) mass is 561 g/mol. The highest BCUT2D eigenvalue weighted by Gasteiger charge is 2.49. The number of aliphatic hydroxyl groups excluding tert-OH is 1.